The van der Waals surface area contributed by atoms with Gasteiger partial charge in [-0.25, -0.2) is 4.79 Å². The topological polar surface area (TPSA) is 69.9 Å². The first-order valence-electron chi connectivity index (χ1n) is 9.69. The highest BCUT2D eigenvalue weighted by Crippen LogP contribution is 2.24. The van der Waals surface area contributed by atoms with Crippen LogP contribution in [0.5, 0.6) is 0 Å². The molecule has 0 aliphatic carbocycles. The average molecular weight is 445 g/mol. The van der Waals surface area contributed by atoms with Gasteiger partial charge in [-0.2, -0.15) is 4.99 Å². The number of carbonyl (C=O) groups is 2. The highest BCUT2D eigenvalue weighted by Gasteiger charge is 2.14. The van der Waals surface area contributed by atoms with Crippen molar-refractivity contribution < 1.29 is 19.1 Å². The second kappa shape index (κ2) is 10.6. The molecule has 1 amide bonds. The van der Waals surface area contributed by atoms with E-state index in [2.05, 4.69) is 11.9 Å². The van der Waals surface area contributed by atoms with E-state index in [1.165, 1.54) is 11.3 Å². The second-order valence-corrected chi connectivity index (χ2v) is 8.59. The predicted octanol–water partition coefficient (Wildman–Crippen LogP) is 4.38. The fourth-order valence-corrected chi connectivity index (χ4v) is 4.86. The van der Waals surface area contributed by atoms with Crippen LogP contribution in [0.4, 0.5) is 0 Å². The molecule has 0 aliphatic rings. The van der Waals surface area contributed by atoms with Crippen LogP contribution in [-0.2, 0) is 16.0 Å². The van der Waals surface area contributed by atoms with Crippen molar-refractivity contribution in [1.82, 2.24) is 4.57 Å². The van der Waals surface area contributed by atoms with Crippen molar-refractivity contribution in [3.05, 3.63) is 58.4 Å². The molecule has 0 spiro atoms. The summed E-state index contributed by atoms with van der Waals surface area (Å²) >= 11 is 2.99. The number of thioether (sulfide) groups is 1. The summed E-state index contributed by atoms with van der Waals surface area (Å²) < 4.78 is 13.1. The molecule has 3 aromatic rings. The monoisotopic (exact) mass is 444 g/mol. The number of amides is 1. The Hall–Kier alpha value is -2.42. The van der Waals surface area contributed by atoms with Crippen molar-refractivity contribution in [2.45, 2.75) is 25.3 Å². The summed E-state index contributed by atoms with van der Waals surface area (Å²) in [6, 6.07) is 12.9. The highest BCUT2D eigenvalue weighted by molar-refractivity contribution is 7.99. The number of ether oxygens (including phenoxy) is 2. The minimum Gasteiger partial charge on any atom is -0.462 e. The molecule has 0 saturated heterocycles. The van der Waals surface area contributed by atoms with E-state index >= 15 is 0 Å². The third-order valence-corrected chi connectivity index (χ3v) is 6.32. The van der Waals surface area contributed by atoms with Crippen LogP contribution in [0.1, 0.15) is 34.6 Å². The number of hydrogen-bond acceptors (Lipinski definition) is 6. The molecule has 0 saturated carbocycles. The normalized spacial score (nSPS) is 11.8. The Bertz CT molecular complexity index is 1120. The molecule has 158 valence electrons. The van der Waals surface area contributed by atoms with Crippen LogP contribution in [0, 0.1) is 0 Å². The molecule has 0 aliphatic heterocycles. The second-order valence-electron chi connectivity index (χ2n) is 6.28. The van der Waals surface area contributed by atoms with E-state index in [0.29, 0.717) is 35.7 Å². The molecule has 0 radical (unpaired) electrons. The van der Waals surface area contributed by atoms with Gasteiger partial charge in [0, 0.05) is 18.6 Å². The summed E-state index contributed by atoms with van der Waals surface area (Å²) in [5.74, 6) is 0.226. The summed E-state index contributed by atoms with van der Waals surface area (Å²) in [5, 5.41) is 0. The standard InChI is InChI=1S/C22H24N2O4S2/c1-4-28-21(26)15-10-11-17-19(14-15)30-22(24(17)12-13-27-3)23-20(25)16-8-6-7-9-18(16)29-5-2/h6-11,14H,4-5,12-13H2,1-3H3. The van der Waals surface area contributed by atoms with Gasteiger partial charge in [-0.1, -0.05) is 30.4 Å². The highest BCUT2D eigenvalue weighted by atomic mass is 32.2. The number of hydrogen-bond donors (Lipinski definition) is 0. The van der Waals surface area contributed by atoms with Crippen LogP contribution in [-0.4, -0.2) is 42.5 Å². The number of fused-ring (bicyclic) bond motifs is 1. The third-order valence-electron chi connectivity index (χ3n) is 4.33. The largest absolute Gasteiger partial charge is 0.462 e. The minimum absolute atomic E-state index is 0.283. The predicted molar refractivity (Wildman–Crippen MR) is 120 cm³/mol. The Labute approximate surface area is 183 Å². The van der Waals surface area contributed by atoms with Gasteiger partial charge >= 0.3 is 5.97 Å². The van der Waals surface area contributed by atoms with Gasteiger partial charge in [0.25, 0.3) is 5.91 Å². The zero-order valence-electron chi connectivity index (χ0n) is 17.2. The van der Waals surface area contributed by atoms with Gasteiger partial charge in [-0.3, -0.25) is 4.79 Å². The van der Waals surface area contributed by atoms with E-state index in [1.807, 2.05) is 28.8 Å². The average Bonchev–Trinajstić information content (AvgIpc) is 3.09. The van der Waals surface area contributed by atoms with Gasteiger partial charge in [0.05, 0.1) is 34.6 Å². The molecule has 0 fully saturated rings. The lowest BCUT2D eigenvalue weighted by Gasteiger charge is -2.06. The zero-order chi connectivity index (χ0) is 21.5. The molecule has 0 atom stereocenters. The first kappa shape index (κ1) is 22.3. The van der Waals surface area contributed by atoms with E-state index in [4.69, 9.17) is 9.47 Å². The Morgan fingerprint density at radius 1 is 1.17 bits per heavy atom. The fourth-order valence-electron chi connectivity index (χ4n) is 2.97. The Morgan fingerprint density at radius 3 is 2.70 bits per heavy atom. The number of esters is 1. The molecular formula is C22H24N2O4S2. The summed E-state index contributed by atoms with van der Waals surface area (Å²) in [7, 11) is 1.63. The van der Waals surface area contributed by atoms with E-state index in [0.717, 1.165) is 20.9 Å². The van der Waals surface area contributed by atoms with Crippen molar-refractivity contribution in [3.63, 3.8) is 0 Å². The molecular weight excluding hydrogens is 420 g/mol. The van der Waals surface area contributed by atoms with Crippen molar-refractivity contribution in [2.75, 3.05) is 26.1 Å². The summed E-state index contributed by atoms with van der Waals surface area (Å²) in [4.78, 5) is 31.0. The van der Waals surface area contributed by atoms with E-state index in [9.17, 15) is 9.59 Å². The Morgan fingerprint density at radius 2 is 1.97 bits per heavy atom. The lowest BCUT2D eigenvalue weighted by atomic mass is 10.2. The minimum atomic E-state index is -0.365. The van der Waals surface area contributed by atoms with Crippen LogP contribution in [0.2, 0.25) is 0 Å². The molecule has 1 aromatic heterocycles. The van der Waals surface area contributed by atoms with Crippen molar-refractivity contribution >= 4 is 45.2 Å². The molecule has 30 heavy (non-hydrogen) atoms. The van der Waals surface area contributed by atoms with E-state index < -0.39 is 0 Å². The first-order valence-corrected chi connectivity index (χ1v) is 11.5. The van der Waals surface area contributed by atoms with Crippen LogP contribution in [0.3, 0.4) is 0 Å². The maximum absolute atomic E-state index is 13.0. The quantitative estimate of drug-likeness (QED) is 0.381. The number of nitrogens with zero attached hydrogens (tertiary/aromatic N) is 2. The van der Waals surface area contributed by atoms with Gasteiger partial charge in [0.1, 0.15) is 0 Å². The van der Waals surface area contributed by atoms with Crippen molar-refractivity contribution in [1.29, 1.82) is 0 Å². The molecule has 0 unspecified atom stereocenters. The van der Waals surface area contributed by atoms with Gasteiger partial charge in [0.2, 0.25) is 0 Å². The first-order chi connectivity index (χ1) is 14.6. The maximum Gasteiger partial charge on any atom is 0.338 e. The zero-order valence-corrected chi connectivity index (χ0v) is 18.8. The fraction of sp³-hybridized carbons (Fsp3) is 0.318. The van der Waals surface area contributed by atoms with Crippen molar-refractivity contribution in [2.24, 2.45) is 4.99 Å². The SMILES string of the molecule is CCOC(=O)c1ccc2c(c1)sc(=NC(=O)c1ccccc1SCC)n2CCOC. The van der Waals surface area contributed by atoms with Crippen LogP contribution in [0.25, 0.3) is 10.2 Å². The smallest absolute Gasteiger partial charge is 0.338 e. The number of thiazole rings is 1. The number of benzene rings is 2. The molecule has 0 bridgehead atoms. The summed E-state index contributed by atoms with van der Waals surface area (Å²) in [6.07, 6.45) is 0. The van der Waals surface area contributed by atoms with Gasteiger partial charge in [0.15, 0.2) is 4.80 Å². The molecule has 8 heteroatoms. The third kappa shape index (κ3) is 5.00. The van der Waals surface area contributed by atoms with E-state index in [1.54, 1.807) is 44.0 Å². The molecule has 1 heterocycles. The number of rotatable bonds is 8. The van der Waals surface area contributed by atoms with Crippen molar-refractivity contribution in [3.8, 4) is 0 Å². The van der Waals surface area contributed by atoms with Crippen LogP contribution < -0.4 is 4.80 Å². The number of methoxy groups -OCH3 is 1. The maximum atomic E-state index is 13.0. The lowest BCUT2D eigenvalue weighted by molar-refractivity contribution is 0.0526. The lowest BCUT2D eigenvalue weighted by Crippen LogP contribution is -2.19. The molecule has 3 rings (SSSR count). The van der Waals surface area contributed by atoms with Gasteiger partial charge in [-0.15, -0.1) is 11.8 Å². The Kier molecular flexibility index (Phi) is 7.84. The molecule has 0 N–H and O–H groups in total. The van der Waals surface area contributed by atoms with Crippen LogP contribution in [0.15, 0.2) is 52.4 Å². The van der Waals surface area contributed by atoms with E-state index in [-0.39, 0.29) is 11.9 Å². The van der Waals surface area contributed by atoms with Gasteiger partial charge in [-0.05, 0) is 43.0 Å². The summed E-state index contributed by atoms with van der Waals surface area (Å²) in [5.41, 5.74) is 1.97. The summed E-state index contributed by atoms with van der Waals surface area (Å²) in [6.45, 7) is 5.17. The van der Waals surface area contributed by atoms with Gasteiger partial charge < -0.3 is 14.0 Å². The van der Waals surface area contributed by atoms with Crippen LogP contribution >= 0.6 is 23.1 Å². The number of aromatic nitrogens is 1. The molecule has 6 nitrogen and oxygen atoms in total. The number of carbonyl (C=O) groups excluding carboxylic acids is 2. The Balaban J connectivity index is 2.09. The molecule has 2 aromatic carbocycles.